The molecule has 0 saturated carbocycles. The van der Waals surface area contributed by atoms with Gasteiger partial charge < -0.3 is 5.11 Å². The van der Waals surface area contributed by atoms with Crippen LogP contribution in [0, 0.1) is 5.82 Å². The van der Waals surface area contributed by atoms with Gasteiger partial charge in [-0.15, -0.1) is 11.3 Å². The van der Waals surface area contributed by atoms with Gasteiger partial charge >= 0.3 is 5.97 Å². The topological polar surface area (TPSA) is 50.2 Å². The van der Waals surface area contributed by atoms with Crippen molar-refractivity contribution in [1.82, 2.24) is 4.98 Å². The van der Waals surface area contributed by atoms with E-state index >= 15 is 0 Å². The van der Waals surface area contributed by atoms with E-state index in [1.54, 1.807) is 11.3 Å². The van der Waals surface area contributed by atoms with Crippen LogP contribution in [0.15, 0.2) is 29.6 Å². The zero-order valence-corrected chi connectivity index (χ0v) is 11.7. The first-order valence-corrected chi connectivity index (χ1v) is 7.45. The molecule has 2 heterocycles. The Hall–Kier alpha value is -2.27. The van der Waals surface area contributed by atoms with Gasteiger partial charge in [-0.3, -0.25) is 0 Å². The molecule has 0 aliphatic heterocycles. The fourth-order valence-electron chi connectivity index (χ4n) is 2.97. The van der Waals surface area contributed by atoms with Crippen molar-refractivity contribution < 1.29 is 14.3 Å². The summed E-state index contributed by atoms with van der Waals surface area (Å²) in [5.74, 6) is -1.47. The molecule has 0 amide bonds. The van der Waals surface area contributed by atoms with Crippen molar-refractivity contribution in [3.05, 3.63) is 51.5 Å². The number of carboxylic acids is 1. The van der Waals surface area contributed by atoms with E-state index in [0.29, 0.717) is 22.9 Å². The molecule has 1 aliphatic carbocycles. The number of aromatic nitrogens is 1. The zero-order chi connectivity index (χ0) is 14.6. The largest absolute Gasteiger partial charge is 0.478 e. The van der Waals surface area contributed by atoms with Crippen LogP contribution in [0.5, 0.6) is 0 Å². The highest BCUT2D eigenvalue weighted by Crippen LogP contribution is 2.39. The Morgan fingerprint density at radius 3 is 2.95 bits per heavy atom. The minimum absolute atomic E-state index is 0.186. The second-order valence-electron chi connectivity index (χ2n) is 5.04. The fourth-order valence-corrected chi connectivity index (χ4v) is 3.85. The number of aryl methyl sites for hydroxylation is 1. The van der Waals surface area contributed by atoms with Crippen LogP contribution in [0.1, 0.15) is 20.8 Å². The van der Waals surface area contributed by atoms with Crippen molar-refractivity contribution >= 4 is 28.2 Å². The molecule has 5 heteroatoms. The molecule has 0 unspecified atom stereocenters. The van der Waals surface area contributed by atoms with E-state index in [1.807, 2.05) is 11.4 Å². The number of pyridine rings is 1. The Balaban J connectivity index is 2.15. The number of hydrogen-bond donors (Lipinski definition) is 1. The first kappa shape index (κ1) is 12.5. The van der Waals surface area contributed by atoms with Gasteiger partial charge in [-0.1, -0.05) is 0 Å². The number of nitrogens with zero attached hydrogens (tertiary/aromatic N) is 1. The van der Waals surface area contributed by atoms with Gasteiger partial charge in [-0.05, 0) is 48.1 Å². The zero-order valence-electron chi connectivity index (χ0n) is 10.9. The molecule has 4 rings (SSSR count). The van der Waals surface area contributed by atoms with Gasteiger partial charge in [0.05, 0.1) is 16.8 Å². The first-order chi connectivity index (χ1) is 10.1. The lowest BCUT2D eigenvalue weighted by Crippen LogP contribution is -2.12. The Labute approximate surface area is 123 Å². The van der Waals surface area contributed by atoms with E-state index < -0.39 is 11.8 Å². The molecule has 0 spiro atoms. The predicted molar refractivity (Wildman–Crippen MR) is 79.4 cm³/mol. The molecule has 0 saturated heterocycles. The van der Waals surface area contributed by atoms with E-state index in [-0.39, 0.29) is 5.56 Å². The van der Waals surface area contributed by atoms with Gasteiger partial charge in [-0.25, -0.2) is 14.2 Å². The molecule has 1 aliphatic rings. The maximum Gasteiger partial charge on any atom is 0.336 e. The van der Waals surface area contributed by atoms with Crippen LogP contribution in [0.2, 0.25) is 0 Å². The molecule has 0 bridgehead atoms. The lowest BCUT2D eigenvalue weighted by atomic mass is 9.89. The van der Waals surface area contributed by atoms with Crippen molar-refractivity contribution in [1.29, 1.82) is 0 Å². The smallest absolute Gasteiger partial charge is 0.336 e. The number of carboxylic acid groups (broad SMARTS) is 1. The molecular formula is C16H10FNO2S. The Bertz CT molecular complexity index is 901. The lowest BCUT2D eigenvalue weighted by Gasteiger charge is -2.19. The van der Waals surface area contributed by atoms with Crippen LogP contribution in [-0.2, 0) is 12.8 Å². The summed E-state index contributed by atoms with van der Waals surface area (Å²) in [6.07, 6.45) is 1.44. The van der Waals surface area contributed by atoms with Crippen LogP contribution in [-0.4, -0.2) is 16.1 Å². The van der Waals surface area contributed by atoms with Gasteiger partial charge in [-0.2, -0.15) is 0 Å². The van der Waals surface area contributed by atoms with Gasteiger partial charge in [0, 0.05) is 15.8 Å². The highest BCUT2D eigenvalue weighted by Gasteiger charge is 2.26. The first-order valence-electron chi connectivity index (χ1n) is 6.57. The summed E-state index contributed by atoms with van der Waals surface area (Å²) >= 11 is 1.66. The van der Waals surface area contributed by atoms with Crippen LogP contribution < -0.4 is 0 Å². The number of hydrogen-bond acceptors (Lipinski definition) is 3. The average Bonchev–Trinajstić information content (AvgIpc) is 2.93. The molecule has 0 atom stereocenters. The summed E-state index contributed by atoms with van der Waals surface area (Å²) in [5, 5.41) is 12.0. The van der Waals surface area contributed by atoms with Crippen LogP contribution >= 0.6 is 11.3 Å². The standard InChI is InChI=1S/C16H10FNO2S/c17-8-1-3-12-11(7-8)14(16(19)20)10-2-4-13-9(5-6-21-13)15(10)18-12/h1,3,5-7H,2,4H2,(H,19,20). The molecule has 21 heavy (non-hydrogen) atoms. The Morgan fingerprint density at radius 2 is 2.14 bits per heavy atom. The highest BCUT2D eigenvalue weighted by molar-refractivity contribution is 7.10. The second kappa shape index (κ2) is 4.36. The monoisotopic (exact) mass is 299 g/mol. The minimum atomic E-state index is -1.03. The van der Waals surface area contributed by atoms with Crippen LogP contribution in [0.4, 0.5) is 4.39 Å². The summed E-state index contributed by atoms with van der Waals surface area (Å²) in [6, 6.07) is 6.09. The van der Waals surface area contributed by atoms with E-state index in [2.05, 4.69) is 4.98 Å². The maximum atomic E-state index is 13.5. The van der Waals surface area contributed by atoms with Crippen molar-refractivity contribution in [2.45, 2.75) is 12.8 Å². The molecule has 2 aromatic heterocycles. The van der Waals surface area contributed by atoms with Gasteiger partial charge in [0.1, 0.15) is 5.82 Å². The van der Waals surface area contributed by atoms with E-state index in [9.17, 15) is 14.3 Å². The third kappa shape index (κ3) is 1.77. The number of halogens is 1. The van der Waals surface area contributed by atoms with Gasteiger partial charge in [0.25, 0.3) is 0 Å². The molecule has 1 aromatic carbocycles. The van der Waals surface area contributed by atoms with E-state index in [1.165, 1.54) is 23.1 Å². The maximum absolute atomic E-state index is 13.5. The molecule has 0 radical (unpaired) electrons. The van der Waals surface area contributed by atoms with Crippen molar-refractivity contribution in [2.24, 2.45) is 0 Å². The number of aromatic carboxylic acids is 1. The predicted octanol–water partition coefficient (Wildman–Crippen LogP) is 3.90. The SMILES string of the molecule is O=C(O)c1c2c(nc3ccc(F)cc13)-c1ccsc1CC2. The highest BCUT2D eigenvalue weighted by atomic mass is 32.1. The van der Waals surface area contributed by atoms with Crippen molar-refractivity contribution in [3.63, 3.8) is 0 Å². The third-order valence-electron chi connectivity index (χ3n) is 3.86. The Morgan fingerprint density at radius 1 is 1.29 bits per heavy atom. The molecular weight excluding hydrogens is 289 g/mol. The molecule has 3 aromatic rings. The number of benzene rings is 1. The molecule has 3 nitrogen and oxygen atoms in total. The van der Waals surface area contributed by atoms with Crippen LogP contribution in [0.25, 0.3) is 22.2 Å². The number of fused-ring (bicyclic) bond motifs is 4. The van der Waals surface area contributed by atoms with Crippen LogP contribution in [0.3, 0.4) is 0 Å². The Kier molecular flexibility index (Phi) is 2.59. The molecule has 1 N–H and O–H groups in total. The second-order valence-corrected chi connectivity index (χ2v) is 6.04. The summed E-state index contributed by atoms with van der Waals surface area (Å²) < 4.78 is 13.5. The van der Waals surface area contributed by atoms with Crippen molar-refractivity contribution in [2.75, 3.05) is 0 Å². The van der Waals surface area contributed by atoms with Gasteiger partial charge in [0.2, 0.25) is 0 Å². The lowest BCUT2D eigenvalue weighted by molar-refractivity contribution is 0.0698. The number of carbonyl (C=O) groups is 1. The van der Waals surface area contributed by atoms with Gasteiger partial charge in [0.15, 0.2) is 0 Å². The molecule has 0 fully saturated rings. The molecule has 104 valence electrons. The minimum Gasteiger partial charge on any atom is -0.478 e. The average molecular weight is 299 g/mol. The number of thiophene rings is 1. The summed E-state index contributed by atoms with van der Waals surface area (Å²) in [7, 11) is 0. The van der Waals surface area contributed by atoms with E-state index in [4.69, 9.17) is 0 Å². The summed E-state index contributed by atoms with van der Waals surface area (Å²) in [4.78, 5) is 17.5. The normalized spacial score (nSPS) is 13.0. The summed E-state index contributed by atoms with van der Waals surface area (Å²) in [6.45, 7) is 0. The third-order valence-corrected chi connectivity index (χ3v) is 4.85. The van der Waals surface area contributed by atoms with Crippen molar-refractivity contribution in [3.8, 4) is 11.3 Å². The number of rotatable bonds is 1. The summed E-state index contributed by atoms with van der Waals surface area (Å²) in [5.41, 5.74) is 3.16. The quantitative estimate of drug-likeness (QED) is 0.741. The van der Waals surface area contributed by atoms with E-state index in [0.717, 1.165) is 17.7 Å². The fraction of sp³-hybridized carbons (Fsp3) is 0.125.